The van der Waals surface area contributed by atoms with Crippen molar-refractivity contribution in [1.29, 1.82) is 0 Å². The molecule has 0 aliphatic heterocycles. The Hall–Kier alpha value is -1.77. The summed E-state index contributed by atoms with van der Waals surface area (Å²) in [6.45, 7) is 5.52. The summed E-state index contributed by atoms with van der Waals surface area (Å²) < 4.78 is 10.1. The maximum atomic E-state index is 11.4. The van der Waals surface area contributed by atoms with Crippen LogP contribution in [0, 0.1) is 5.92 Å². The first-order valence-electron chi connectivity index (χ1n) is 6.92. The van der Waals surface area contributed by atoms with E-state index >= 15 is 0 Å². The zero-order valence-corrected chi connectivity index (χ0v) is 12.8. The third-order valence-electron chi connectivity index (χ3n) is 3.18. The summed E-state index contributed by atoms with van der Waals surface area (Å²) in [6.07, 6.45) is 5.66. The fourth-order valence-corrected chi connectivity index (χ4v) is 1.77. The minimum absolute atomic E-state index is 0.376. The highest BCUT2D eigenvalue weighted by Gasteiger charge is 2.29. The molecule has 1 aromatic carbocycles. The van der Waals surface area contributed by atoms with Crippen LogP contribution in [0.4, 0.5) is 0 Å². The molecular formula is C17H24O3. The molecule has 0 saturated heterocycles. The predicted octanol–water partition coefficient (Wildman–Crippen LogP) is 3.74. The van der Waals surface area contributed by atoms with Gasteiger partial charge in [-0.15, -0.1) is 0 Å². The molecule has 0 aromatic heterocycles. The van der Waals surface area contributed by atoms with Gasteiger partial charge < -0.3 is 9.47 Å². The summed E-state index contributed by atoms with van der Waals surface area (Å²) in [5.41, 5.74) is 0.397. The zero-order chi connectivity index (χ0) is 15.0. The molecule has 1 unspecified atom stereocenters. The Balaban J connectivity index is 2.37. The number of benzene rings is 1. The van der Waals surface area contributed by atoms with Gasteiger partial charge in [0.05, 0.1) is 13.4 Å². The molecular weight excluding hydrogens is 252 g/mol. The van der Waals surface area contributed by atoms with Gasteiger partial charge in [-0.25, -0.2) is 4.79 Å². The number of hydrogen-bond donors (Lipinski definition) is 0. The van der Waals surface area contributed by atoms with Gasteiger partial charge >= 0.3 is 5.97 Å². The predicted molar refractivity (Wildman–Crippen MR) is 80.2 cm³/mol. The van der Waals surface area contributed by atoms with E-state index in [-0.39, 0.29) is 5.97 Å². The van der Waals surface area contributed by atoms with Crippen LogP contribution >= 0.6 is 0 Å². The van der Waals surface area contributed by atoms with Gasteiger partial charge in [-0.3, -0.25) is 0 Å². The number of aryl methyl sites for hydroxylation is 1. The van der Waals surface area contributed by atoms with E-state index in [1.807, 2.05) is 12.1 Å². The summed E-state index contributed by atoms with van der Waals surface area (Å²) in [7, 11) is 1.36. The summed E-state index contributed by atoms with van der Waals surface area (Å²) in [4.78, 5) is 11.4. The lowest BCUT2D eigenvalue weighted by atomic mass is 10.0. The van der Waals surface area contributed by atoms with Gasteiger partial charge in [-0.05, 0) is 44.2 Å². The Labute approximate surface area is 121 Å². The molecule has 0 heterocycles. The van der Waals surface area contributed by atoms with E-state index in [0.29, 0.717) is 5.92 Å². The van der Waals surface area contributed by atoms with Gasteiger partial charge in [0.15, 0.2) is 5.60 Å². The highest BCUT2D eigenvalue weighted by Crippen LogP contribution is 2.14. The van der Waals surface area contributed by atoms with Gasteiger partial charge in [-0.2, -0.15) is 0 Å². The van der Waals surface area contributed by atoms with E-state index < -0.39 is 5.60 Å². The highest BCUT2D eigenvalue weighted by molar-refractivity contribution is 5.78. The van der Waals surface area contributed by atoms with Crippen molar-refractivity contribution >= 4 is 5.97 Å². The van der Waals surface area contributed by atoms with Crippen LogP contribution in [0.2, 0.25) is 0 Å². The number of methoxy groups -OCH3 is 1. The lowest BCUT2D eigenvalue weighted by Gasteiger charge is -2.21. The average molecular weight is 276 g/mol. The van der Waals surface area contributed by atoms with Crippen molar-refractivity contribution in [2.45, 2.75) is 39.2 Å². The number of hydrogen-bond acceptors (Lipinski definition) is 3. The Morgan fingerprint density at radius 2 is 1.95 bits per heavy atom. The molecule has 0 aliphatic carbocycles. The molecule has 0 N–H and O–H groups in total. The van der Waals surface area contributed by atoms with Crippen molar-refractivity contribution in [1.82, 2.24) is 0 Å². The normalized spacial score (nSPS) is 13.2. The molecule has 1 aromatic rings. The van der Waals surface area contributed by atoms with Crippen LogP contribution in [0.15, 0.2) is 42.7 Å². The van der Waals surface area contributed by atoms with Crippen LogP contribution in [-0.4, -0.2) is 18.7 Å². The third kappa shape index (κ3) is 5.47. The number of esters is 1. The van der Waals surface area contributed by atoms with Crippen molar-refractivity contribution < 1.29 is 14.3 Å². The lowest BCUT2D eigenvalue weighted by Crippen LogP contribution is -2.34. The standard InChI is InChI=1S/C17H24O3/c1-14(10-11-15-8-6-5-7-9-15)12-13-20-17(2,3)16(18)19-4/h5-9,12-14H,10-11H2,1-4H3. The summed E-state index contributed by atoms with van der Waals surface area (Å²) in [5.74, 6) is 0.0164. The second kappa shape index (κ2) is 7.73. The first kappa shape index (κ1) is 16.3. The van der Waals surface area contributed by atoms with Crippen LogP contribution in [0.3, 0.4) is 0 Å². The SMILES string of the molecule is COC(=O)C(C)(C)OC=CC(C)CCc1ccccc1. The molecule has 0 saturated carbocycles. The Bertz CT molecular complexity index is 435. The molecule has 3 heteroatoms. The van der Waals surface area contributed by atoms with Crippen molar-refractivity contribution in [3.63, 3.8) is 0 Å². The van der Waals surface area contributed by atoms with Gasteiger partial charge in [0.1, 0.15) is 0 Å². The summed E-state index contributed by atoms with van der Waals surface area (Å²) in [5, 5.41) is 0. The third-order valence-corrected chi connectivity index (χ3v) is 3.18. The molecule has 0 radical (unpaired) electrons. The number of carbonyl (C=O) groups is 1. The van der Waals surface area contributed by atoms with Crippen LogP contribution < -0.4 is 0 Å². The fourth-order valence-electron chi connectivity index (χ4n) is 1.77. The number of carbonyl (C=O) groups excluding carboxylic acids is 1. The van der Waals surface area contributed by atoms with Gasteiger partial charge in [0.25, 0.3) is 0 Å². The van der Waals surface area contributed by atoms with Crippen molar-refractivity contribution in [2.24, 2.45) is 5.92 Å². The van der Waals surface area contributed by atoms with Crippen LogP contribution in [0.5, 0.6) is 0 Å². The monoisotopic (exact) mass is 276 g/mol. The van der Waals surface area contributed by atoms with Crippen molar-refractivity contribution in [3.8, 4) is 0 Å². The molecule has 1 atom stereocenters. The molecule has 20 heavy (non-hydrogen) atoms. The molecule has 0 amide bonds. The van der Waals surface area contributed by atoms with E-state index in [4.69, 9.17) is 4.74 Å². The van der Waals surface area contributed by atoms with E-state index in [0.717, 1.165) is 12.8 Å². The summed E-state index contributed by atoms with van der Waals surface area (Å²) >= 11 is 0. The van der Waals surface area contributed by atoms with E-state index in [1.54, 1.807) is 20.1 Å². The first-order valence-corrected chi connectivity index (χ1v) is 6.92. The number of ether oxygens (including phenoxy) is 2. The molecule has 1 rings (SSSR count). The average Bonchev–Trinajstić information content (AvgIpc) is 2.45. The zero-order valence-electron chi connectivity index (χ0n) is 12.8. The van der Waals surface area contributed by atoms with E-state index in [9.17, 15) is 4.79 Å². The molecule has 0 fully saturated rings. The van der Waals surface area contributed by atoms with Gasteiger partial charge in [0, 0.05) is 0 Å². The first-order chi connectivity index (χ1) is 9.45. The van der Waals surface area contributed by atoms with Crippen LogP contribution in [-0.2, 0) is 20.7 Å². The van der Waals surface area contributed by atoms with Crippen molar-refractivity contribution in [3.05, 3.63) is 48.2 Å². The quantitative estimate of drug-likeness (QED) is 0.562. The van der Waals surface area contributed by atoms with Gasteiger partial charge in [-0.1, -0.05) is 37.3 Å². The minimum Gasteiger partial charge on any atom is -0.484 e. The van der Waals surface area contributed by atoms with Crippen LogP contribution in [0.25, 0.3) is 0 Å². The number of rotatable bonds is 7. The van der Waals surface area contributed by atoms with Gasteiger partial charge in [0.2, 0.25) is 0 Å². The highest BCUT2D eigenvalue weighted by atomic mass is 16.6. The minimum atomic E-state index is -0.940. The molecule has 0 aliphatic rings. The fraction of sp³-hybridized carbons (Fsp3) is 0.471. The molecule has 3 nitrogen and oxygen atoms in total. The lowest BCUT2D eigenvalue weighted by molar-refractivity contribution is -0.159. The Morgan fingerprint density at radius 1 is 1.30 bits per heavy atom. The number of allylic oxidation sites excluding steroid dienone is 1. The maximum Gasteiger partial charge on any atom is 0.349 e. The maximum absolute atomic E-state index is 11.4. The van der Waals surface area contributed by atoms with E-state index in [1.165, 1.54) is 12.7 Å². The molecule has 0 spiro atoms. The Morgan fingerprint density at radius 3 is 2.55 bits per heavy atom. The molecule has 110 valence electrons. The topological polar surface area (TPSA) is 35.5 Å². The Kier molecular flexibility index (Phi) is 6.29. The second-order valence-electron chi connectivity index (χ2n) is 5.45. The van der Waals surface area contributed by atoms with Crippen molar-refractivity contribution in [2.75, 3.05) is 7.11 Å². The smallest absolute Gasteiger partial charge is 0.349 e. The summed E-state index contributed by atoms with van der Waals surface area (Å²) in [6, 6.07) is 10.4. The van der Waals surface area contributed by atoms with Crippen LogP contribution in [0.1, 0.15) is 32.8 Å². The second-order valence-corrected chi connectivity index (χ2v) is 5.45. The largest absolute Gasteiger partial charge is 0.484 e. The van der Waals surface area contributed by atoms with E-state index in [2.05, 4.69) is 35.9 Å². The molecule has 0 bridgehead atoms.